The summed E-state index contributed by atoms with van der Waals surface area (Å²) >= 11 is 0. The van der Waals surface area contributed by atoms with Gasteiger partial charge in [0, 0.05) is 43.0 Å². The number of aliphatic hydroxyl groups is 1. The fourth-order valence-corrected chi connectivity index (χ4v) is 3.46. The maximum atomic E-state index is 12.4. The third-order valence-corrected chi connectivity index (χ3v) is 4.63. The zero-order valence-electron chi connectivity index (χ0n) is 14.5. The van der Waals surface area contributed by atoms with Crippen LogP contribution in [0.2, 0.25) is 0 Å². The Morgan fingerprint density at radius 1 is 1.54 bits per heavy atom. The highest BCUT2D eigenvalue weighted by Crippen LogP contribution is 2.43. The molecule has 1 atom stereocenters. The van der Waals surface area contributed by atoms with Crippen molar-refractivity contribution in [2.24, 2.45) is 5.41 Å². The molecule has 0 saturated heterocycles. The molecule has 0 radical (unpaired) electrons. The summed E-state index contributed by atoms with van der Waals surface area (Å²) in [6, 6.07) is 0. The van der Waals surface area contributed by atoms with Crippen molar-refractivity contribution in [3.8, 4) is 0 Å². The van der Waals surface area contributed by atoms with E-state index in [0.717, 1.165) is 36.3 Å². The average Bonchev–Trinajstić information content (AvgIpc) is 3.10. The summed E-state index contributed by atoms with van der Waals surface area (Å²) in [5.41, 5.74) is 1.55. The lowest BCUT2D eigenvalue weighted by Crippen LogP contribution is -2.25. The van der Waals surface area contributed by atoms with Crippen LogP contribution in [0, 0.1) is 12.3 Å². The van der Waals surface area contributed by atoms with E-state index < -0.39 is 6.10 Å². The van der Waals surface area contributed by atoms with Crippen LogP contribution in [-0.4, -0.2) is 27.1 Å². The van der Waals surface area contributed by atoms with Gasteiger partial charge in [-0.2, -0.15) is 0 Å². The van der Waals surface area contributed by atoms with E-state index >= 15 is 0 Å². The maximum absolute atomic E-state index is 12.4. The van der Waals surface area contributed by atoms with Gasteiger partial charge in [-0.1, -0.05) is 13.8 Å². The molecule has 24 heavy (non-hydrogen) atoms. The second-order valence-electron chi connectivity index (χ2n) is 7.36. The van der Waals surface area contributed by atoms with Gasteiger partial charge >= 0.3 is 0 Å². The largest absolute Gasteiger partial charge is 0.455 e. The van der Waals surface area contributed by atoms with Gasteiger partial charge in [0.15, 0.2) is 5.76 Å². The lowest BCUT2D eigenvalue weighted by Gasteiger charge is -2.31. The van der Waals surface area contributed by atoms with Crippen LogP contribution in [0.5, 0.6) is 0 Å². The van der Waals surface area contributed by atoms with E-state index in [1.54, 1.807) is 12.5 Å². The van der Waals surface area contributed by atoms with Gasteiger partial charge in [0.25, 0.3) is 5.91 Å². The fourth-order valence-electron chi connectivity index (χ4n) is 3.46. The Kier molecular flexibility index (Phi) is 4.49. The fraction of sp³-hybridized carbons (Fsp3) is 0.556. The number of aromatic nitrogens is 2. The summed E-state index contributed by atoms with van der Waals surface area (Å²) in [5, 5.41) is 13.3. The maximum Gasteiger partial charge on any atom is 0.287 e. The highest BCUT2D eigenvalue weighted by Gasteiger charge is 2.37. The van der Waals surface area contributed by atoms with Crippen LogP contribution in [0.3, 0.4) is 0 Å². The van der Waals surface area contributed by atoms with Crippen molar-refractivity contribution in [3.63, 3.8) is 0 Å². The predicted molar refractivity (Wildman–Crippen MR) is 89.7 cm³/mol. The van der Waals surface area contributed by atoms with Crippen LogP contribution in [0.15, 0.2) is 23.1 Å². The summed E-state index contributed by atoms with van der Waals surface area (Å²) in [6.45, 7) is 7.43. The summed E-state index contributed by atoms with van der Waals surface area (Å²) in [4.78, 5) is 16.4. The van der Waals surface area contributed by atoms with Gasteiger partial charge in [0.1, 0.15) is 5.76 Å². The molecule has 2 aromatic rings. The first-order valence-corrected chi connectivity index (χ1v) is 8.41. The van der Waals surface area contributed by atoms with Crippen LogP contribution in [0.4, 0.5) is 0 Å². The molecule has 0 saturated carbocycles. The zero-order valence-corrected chi connectivity index (χ0v) is 14.5. The van der Waals surface area contributed by atoms with Gasteiger partial charge in [-0.15, -0.1) is 0 Å². The van der Waals surface area contributed by atoms with Crippen LogP contribution < -0.4 is 5.32 Å². The van der Waals surface area contributed by atoms with E-state index in [1.807, 2.05) is 17.7 Å². The van der Waals surface area contributed by atoms with Crippen LogP contribution >= 0.6 is 0 Å². The standard InChI is InChI=1S/C18H25N3O3/c1-12-15-13(22)9-18(2,3)10-14(15)24-16(12)17(23)20-5-4-7-21-8-6-19-11-21/h6,8,11,13,22H,4-5,7,9-10H2,1-3H3,(H,20,23). The zero-order chi connectivity index (χ0) is 17.3. The van der Waals surface area contributed by atoms with E-state index in [4.69, 9.17) is 4.42 Å². The number of nitrogens with zero attached hydrogens (tertiary/aromatic N) is 2. The van der Waals surface area contributed by atoms with E-state index in [-0.39, 0.29) is 11.3 Å². The summed E-state index contributed by atoms with van der Waals surface area (Å²) < 4.78 is 7.79. The molecule has 1 aliphatic carbocycles. The highest BCUT2D eigenvalue weighted by molar-refractivity contribution is 5.93. The second-order valence-corrected chi connectivity index (χ2v) is 7.36. The molecule has 1 unspecified atom stereocenters. The molecule has 130 valence electrons. The van der Waals surface area contributed by atoms with Crippen LogP contribution in [0.25, 0.3) is 0 Å². The topological polar surface area (TPSA) is 80.3 Å². The van der Waals surface area contributed by atoms with Gasteiger partial charge < -0.3 is 19.4 Å². The molecule has 0 fully saturated rings. The van der Waals surface area contributed by atoms with Gasteiger partial charge in [-0.05, 0) is 25.2 Å². The molecular weight excluding hydrogens is 306 g/mol. The molecule has 6 heteroatoms. The lowest BCUT2D eigenvalue weighted by molar-refractivity contribution is 0.0884. The van der Waals surface area contributed by atoms with Gasteiger partial charge in [-0.3, -0.25) is 4.79 Å². The molecule has 3 rings (SSSR count). The third-order valence-electron chi connectivity index (χ3n) is 4.63. The van der Waals surface area contributed by atoms with Gasteiger partial charge in [-0.25, -0.2) is 4.98 Å². The Hall–Kier alpha value is -2.08. The van der Waals surface area contributed by atoms with Crippen molar-refractivity contribution >= 4 is 5.91 Å². The van der Waals surface area contributed by atoms with Crippen molar-refractivity contribution in [2.75, 3.05) is 6.54 Å². The molecule has 0 aromatic carbocycles. The minimum atomic E-state index is -0.560. The predicted octanol–water partition coefficient (Wildman–Crippen LogP) is 2.61. The Labute approximate surface area is 141 Å². The van der Waals surface area contributed by atoms with Crippen LogP contribution in [0.1, 0.15) is 60.2 Å². The molecular formula is C18H25N3O3. The molecule has 2 heterocycles. The number of carbonyl (C=O) groups excluding carboxylic acids is 1. The van der Waals surface area contributed by atoms with Crippen molar-refractivity contribution in [1.82, 2.24) is 14.9 Å². The molecule has 2 aromatic heterocycles. The van der Waals surface area contributed by atoms with E-state index in [0.29, 0.717) is 18.7 Å². The van der Waals surface area contributed by atoms with Crippen LogP contribution in [-0.2, 0) is 13.0 Å². The quantitative estimate of drug-likeness (QED) is 0.825. The van der Waals surface area contributed by atoms with E-state index in [2.05, 4.69) is 24.1 Å². The number of carbonyl (C=O) groups is 1. The Balaban J connectivity index is 1.63. The third kappa shape index (κ3) is 3.38. The number of fused-ring (bicyclic) bond motifs is 1. The number of hydrogen-bond donors (Lipinski definition) is 2. The Morgan fingerprint density at radius 3 is 3.04 bits per heavy atom. The summed E-state index contributed by atoms with van der Waals surface area (Å²) in [7, 11) is 0. The molecule has 6 nitrogen and oxygen atoms in total. The monoisotopic (exact) mass is 331 g/mol. The number of rotatable bonds is 5. The van der Waals surface area contributed by atoms with Crippen molar-refractivity contribution in [1.29, 1.82) is 0 Å². The summed E-state index contributed by atoms with van der Waals surface area (Å²) in [5.74, 6) is 0.872. The number of nitrogens with one attached hydrogen (secondary N) is 1. The molecule has 1 amide bonds. The van der Waals surface area contributed by atoms with Gasteiger partial charge in [0.05, 0.1) is 12.4 Å². The minimum Gasteiger partial charge on any atom is -0.455 e. The van der Waals surface area contributed by atoms with Crippen molar-refractivity contribution in [3.05, 3.63) is 41.4 Å². The smallest absolute Gasteiger partial charge is 0.287 e. The number of hydrogen-bond acceptors (Lipinski definition) is 4. The molecule has 0 spiro atoms. The first-order valence-electron chi connectivity index (χ1n) is 8.41. The summed E-state index contributed by atoms with van der Waals surface area (Å²) in [6.07, 6.45) is 7.08. The second kappa shape index (κ2) is 6.43. The number of furan rings is 1. The molecule has 2 N–H and O–H groups in total. The van der Waals surface area contributed by atoms with Crippen molar-refractivity contribution < 1.29 is 14.3 Å². The Bertz CT molecular complexity index is 716. The van der Waals surface area contributed by atoms with E-state index in [1.165, 1.54) is 0 Å². The average molecular weight is 331 g/mol. The van der Waals surface area contributed by atoms with E-state index in [9.17, 15) is 9.90 Å². The lowest BCUT2D eigenvalue weighted by atomic mass is 9.75. The normalized spacial score (nSPS) is 19.1. The molecule has 0 bridgehead atoms. The van der Waals surface area contributed by atoms with Gasteiger partial charge in [0.2, 0.25) is 0 Å². The first kappa shape index (κ1) is 16.8. The molecule has 0 aliphatic heterocycles. The number of aryl methyl sites for hydroxylation is 1. The Morgan fingerprint density at radius 2 is 2.33 bits per heavy atom. The number of aliphatic hydroxyl groups excluding tert-OH is 1. The number of amides is 1. The highest BCUT2D eigenvalue weighted by atomic mass is 16.4. The van der Waals surface area contributed by atoms with Crippen molar-refractivity contribution in [2.45, 2.75) is 52.7 Å². The number of imidazole rings is 1. The minimum absolute atomic E-state index is 0.0186. The molecule has 1 aliphatic rings. The SMILES string of the molecule is Cc1c(C(=O)NCCCn2ccnc2)oc2c1C(O)CC(C)(C)C2. The first-order chi connectivity index (χ1) is 11.4.